The lowest BCUT2D eigenvalue weighted by Crippen LogP contribution is -2.46. The van der Waals surface area contributed by atoms with Crippen molar-refractivity contribution >= 4 is 19.9 Å². The zero-order chi connectivity index (χ0) is 15.7. The zero-order valence-electron chi connectivity index (χ0n) is 12.0. The molecular weight excluding hydrogens is 312 g/mol. The molecule has 2 rings (SSSR count). The largest absolute Gasteiger partial charge is 0.314 e. The number of hydrogen-bond donors (Lipinski definition) is 2. The highest BCUT2D eigenvalue weighted by atomic mass is 32.2. The van der Waals surface area contributed by atoms with Crippen LogP contribution in [0.25, 0.3) is 0 Å². The predicted molar refractivity (Wildman–Crippen MR) is 80.4 cm³/mol. The van der Waals surface area contributed by atoms with Crippen LogP contribution in [0.1, 0.15) is 19.8 Å². The fourth-order valence-corrected chi connectivity index (χ4v) is 4.31. The van der Waals surface area contributed by atoms with E-state index in [2.05, 4.69) is 10.0 Å². The first-order valence-electron chi connectivity index (χ1n) is 6.74. The van der Waals surface area contributed by atoms with E-state index < -0.39 is 19.9 Å². The maximum atomic E-state index is 12.3. The summed E-state index contributed by atoms with van der Waals surface area (Å²) in [5.74, 6) is 0. The summed E-state index contributed by atoms with van der Waals surface area (Å²) < 4.78 is 50.0. The van der Waals surface area contributed by atoms with Gasteiger partial charge in [0.25, 0.3) is 0 Å². The summed E-state index contributed by atoms with van der Waals surface area (Å²) in [6.45, 7) is 2.79. The van der Waals surface area contributed by atoms with E-state index >= 15 is 0 Å². The molecule has 1 aliphatic heterocycles. The molecule has 2 unspecified atom stereocenters. The minimum atomic E-state index is -3.62. The molecule has 0 aromatic heterocycles. The van der Waals surface area contributed by atoms with Gasteiger partial charge in [0, 0.05) is 18.3 Å². The zero-order valence-corrected chi connectivity index (χ0v) is 13.7. The average molecular weight is 332 g/mol. The van der Waals surface area contributed by atoms with E-state index in [1.807, 2.05) is 6.92 Å². The van der Waals surface area contributed by atoms with E-state index in [4.69, 9.17) is 0 Å². The molecule has 118 valence electrons. The van der Waals surface area contributed by atoms with Crippen LogP contribution in [0.15, 0.2) is 34.1 Å². The molecule has 0 saturated carbocycles. The number of sulfonamides is 1. The van der Waals surface area contributed by atoms with Gasteiger partial charge in [0.15, 0.2) is 9.84 Å². The molecule has 6 nitrogen and oxygen atoms in total. The van der Waals surface area contributed by atoms with Crippen molar-refractivity contribution in [3.63, 3.8) is 0 Å². The van der Waals surface area contributed by atoms with Crippen LogP contribution in [0.3, 0.4) is 0 Å². The van der Waals surface area contributed by atoms with Gasteiger partial charge in [0.1, 0.15) is 0 Å². The molecule has 2 atom stereocenters. The summed E-state index contributed by atoms with van der Waals surface area (Å²) in [5.41, 5.74) is 0. The maximum Gasteiger partial charge on any atom is 0.240 e. The smallest absolute Gasteiger partial charge is 0.240 e. The first-order valence-corrected chi connectivity index (χ1v) is 10.1. The van der Waals surface area contributed by atoms with Gasteiger partial charge in [-0.1, -0.05) is 0 Å². The van der Waals surface area contributed by atoms with Crippen LogP contribution in [0.4, 0.5) is 0 Å². The molecule has 8 heteroatoms. The Morgan fingerprint density at radius 1 is 1.10 bits per heavy atom. The molecule has 0 spiro atoms. The fourth-order valence-electron chi connectivity index (χ4n) is 2.39. The number of nitrogens with one attached hydrogen (secondary N) is 2. The predicted octanol–water partition coefficient (Wildman–Crippen LogP) is 0.509. The van der Waals surface area contributed by atoms with Crippen molar-refractivity contribution in [2.75, 3.05) is 12.8 Å². The van der Waals surface area contributed by atoms with Gasteiger partial charge in [-0.25, -0.2) is 21.6 Å². The van der Waals surface area contributed by atoms with E-state index in [1.54, 1.807) is 0 Å². The summed E-state index contributed by atoms with van der Waals surface area (Å²) in [5, 5.41) is 3.26. The molecule has 0 amide bonds. The molecule has 1 saturated heterocycles. The lowest BCUT2D eigenvalue weighted by molar-refractivity contribution is 0.361. The van der Waals surface area contributed by atoms with Crippen molar-refractivity contribution < 1.29 is 16.8 Å². The number of hydrogen-bond acceptors (Lipinski definition) is 5. The lowest BCUT2D eigenvalue weighted by Gasteiger charge is -2.28. The highest BCUT2D eigenvalue weighted by Gasteiger charge is 2.24. The Balaban J connectivity index is 2.16. The number of piperidine rings is 1. The Morgan fingerprint density at radius 2 is 1.67 bits per heavy atom. The summed E-state index contributed by atoms with van der Waals surface area (Å²) in [6.07, 6.45) is 2.57. The first-order chi connectivity index (χ1) is 9.68. The Bertz CT molecular complexity index is 696. The van der Waals surface area contributed by atoms with Crippen LogP contribution in [-0.2, 0) is 19.9 Å². The topological polar surface area (TPSA) is 92.3 Å². The van der Waals surface area contributed by atoms with Crippen molar-refractivity contribution in [2.24, 2.45) is 0 Å². The number of sulfone groups is 1. The van der Waals surface area contributed by atoms with Crippen molar-refractivity contribution in [3.05, 3.63) is 24.3 Å². The minimum Gasteiger partial charge on any atom is -0.314 e. The van der Waals surface area contributed by atoms with Gasteiger partial charge < -0.3 is 5.32 Å². The molecule has 2 N–H and O–H groups in total. The molecule has 1 fully saturated rings. The lowest BCUT2D eigenvalue weighted by atomic mass is 10.0. The summed E-state index contributed by atoms with van der Waals surface area (Å²) in [7, 11) is -6.94. The standard InChI is InChI=1S/C13H20N2O4S2/c1-10-9-11(7-8-14-10)15-21(18,19)13-5-3-12(4-6-13)20(2,16)17/h3-6,10-11,14-15H,7-9H2,1-2H3. The Hall–Kier alpha value is -0.960. The Labute approximate surface area is 125 Å². The molecule has 1 aromatic rings. The summed E-state index contributed by atoms with van der Waals surface area (Å²) in [4.78, 5) is 0.193. The third-order valence-electron chi connectivity index (χ3n) is 3.51. The molecule has 1 heterocycles. The highest BCUT2D eigenvalue weighted by Crippen LogP contribution is 2.17. The van der Waals surface area contributed by atoms with Crippen LogP contribution in [0, 0.1) is 0 Å². The molecule has 0 radical (unpaired) electrons. The highest BCUT2D eigenvalue weighted by molar-refractivity contribution is 7.90. The maximum absolute atomic E-state index is 12.3. The van der Waals surface area contributed by atoms with Gasteiger partial charge in [0.05, 0.1) is 9.79 Å². The van der Waals surface area contributed by atoms with Crippen molar-refractivity contribution in [3.8, 4) is 0 Å². The van der Waals surface area contributed by atoms with Gasteiger partial charge >= 0.3 is 0 Å². The van der Waals surface area contributed by atoms with Gasteiger partial charge in [-0.15, -0.1) is 0 Å². The number of rotatable bonds is 4. The molecule has 0 bridgehead atoms. The van der Waals surface area contributed by atoms with Crippen LogP contribution >= 0.6 is 0 Å². The summed E-state index contributed by atoms with van der Waals surface area (Å²) in [6, 6.07) is 5.45. The Kier molecular flexibility index (Phi) is 4.72. The van der Waals surface area contributed by atoms with Gasteiger partial charge in [-0.05, 0) is 50.6 Å². The first kappa shape index (κ1) is 16.4. The van der Waals surface area contributed by atoms with E-state index in [1.165, 1.54) is 24.3 Å². The molecule has 0 aliphatic carbocycles. The minimum absolute atomic E-state index is 0.0843. The third kappa shape index (κ3) is 4.26. The molecule has 1 aromatic carbocycles. The normalized spacial score (nSPS) is 23.9. The molecule has 1 aliphatic rings. The fraction of sp³-hybridized carbons (Fsp3) is 0.538. The van der Waals surface area contributed by atoms with Crippen molar-refractivity contribution in [1.82, 2.24) is 10.0 Å². The van der Waals surface area contributed by atoms with Crippen LogP contribution in [0.5, 0.6) is 0 Å². The van der Waals surface area contributed by atoms with Crippen LogP contribution < -0.4 is 10.0 Å². The van der Waals surface area contributed by atoms with E-state index in [0.717, 1.165) is 25.6 Å². The van der Waals surface area contributed by atoms with Gasteiger partial charge in [0.2, 0.25) is 10.0 Å². The summed E-state index contributed by atoms with van der Waals surface area (Å²) >= 11 is 0. The van der Waals surface area contributed by atoms with E-state index in [-0.39, 0.29) is 21.9 Å². The van der Waals surface area contributed by atoms with Crippen molar-refractivity contribution in [2.45, 2.75) is 41.6 Å². The monoisotopic (exact) mass is 332 g/mol. The molecule has 21 heavy (non-hydrogen) atoms. The Morgan fingerprint density at radius 3 is 2.19 bits per heavy atom. The van der Waals surface area contributed by atoms with Crippen LogP contribution in [0.2, 0.25) is 0 Å². The van der Waals surface area contributed by atoms with E-state index in [9.17, 15) is 16.8 Å². The second-order valence-electron chi connectivity index (χ2n) is 5.44. The van der Waals surface area contributed by atoms with Crippen LogP contribution in [-0.4, -0.2) is 41.7 Å². The van der Waals surface area contributed by atoms with E-state index in [0.29, 0.717) is 0 Å². The van der Waals surface area contributed by atoms with Gasteiger partial charge in [-0.3, -0.25) is 0 Å². The second-order valence-corrected chi connectivity index (χ2v) is 9.17. The third-order valence-corrected chi connectivity index (χ3v) is 6.17. The molecular formula is C13H20N2O4S2. The second kappa shape index (κ2) is 6.04. The number of benzene rings is 1. The van der Waals surface area contributed by atoms with Crippen molar-refractivity contribution in [1.29, 1.82) is 0 Å². The van der Waals surface area contributed by atoms with Gasteiger partial charge in [-0.2, -0.15) is 0 Å². The average Bonchev–Trinajstić information content (AvgIpc) is 2.37. The SMILES string of the molecule is CC1CC(NS(=O)(=O)c2ccc(S(C)(=O)=O)cc2)CCN1. The quantitative estimate of drug-likeness (QED) is 0.838.